The van der Waals surface area contributed by atoms with Crippen LogP contribution in [0.3, 0.4) is 0 Å². The van der Waals surface area contributed by atoms with E-state index in [9.17, 15) is 0 Å². The van der Waals surface area contributed by atoms with Crippen molar-refractivity contribution in [2.75, 3.05) is 0 Å². The van der Waals surface area contributed by atoms with E-state index in [0.29, 0.717) is 5.92 Å². The van der Waals surface area contributed by atoms with Crippen LogP contribution in [0, 0.1) is 0 Å². The van der Waals surface area contributed by atoms with E-state index in [1.807, 2.05) is 12.1 Å². The highest BCUT2D eigenvalue weighted by Gasteiger charge is 2.14. The Morgan fingerprint density at radius 3 is 2.16 bits per heavy atom. The summed E-state index contributed by atoms with van der Waals surface area (Å²) in [5, 5.41) is 3.57. The molecular formula is C18H21N. The van der Waals surface area contributed by atoms with E-state index in [2.05, 4.69) is 73.4 Å². The van der Waals surface area contributed by atoms with E-state index in [1.165, 1.54) is 11.1 Å². The summed E-state index contributed by atoms with van der Waals surface area (Å²) in [4.78, 5) is 0. The minimum absolute atomic E-state index is 0.280. The lowest BCUT2D eigenvalue weighted by Crippen LogP contribution is -2.31. The standard InChI is InChI=1S/C18H21N/c1-3-18(15(2)17-12-8-5-9-13-17)19-14-16-10-6-4-7-11-16/h3-13,15,18-19H,1,14H2,2H3/t15-,18-/m0/s1. The third kappa shape index (κ3) is 3.80. The highest BCUT2D eigenvalue weighted by atomic mass is 14.9. The first kappa shape index (κ1) is 13.6. The van der Waals surface area contributed by atoms with Gasteiger partial charge in [0.2, 0.25) is 0 Å². The predicted octanol–water partition coefficient (Wildman–Crippen LogP) is 4.13. The summed E-state index contributed by atoms with van der Waals surface area (Å²) in [6, 6.07) is 21.3. The lowest BCUT2D eigenvalue weighted by molar-refractivity contribution is 0.522. The van der Waals surface area contributed by atoms with Gasteiger partial charge in [-0.3, -0.25) is 0 Å². The maximum atomic E-state index is 3.96. The van der Waals surface area contributed by atoms with Gasteiger partial charge in [0, 0.05) is 12.6 Å². The van der Waals surface area contributed by atoms with E-state index < -0.39 is 0 Å². The van der Waals surface area contributed by atoms with Crippen LogP contribution in [-0.4, -0.2) is 6.04 Å². The number of hydrogen-bond acceptors (Lipinski definition) is 1. The van der Waals surface area contributed by atoms with Gasteiger partial charge >= 0.3 is 0 Å². The Balaban J connectivity index is 1.99. The molecular weight excluding hydrogens is 230 g/mol. The lowest BCUT2D eigenvalue weighted by atomic mass is 9.93. The molecule has 0 aliphatic rings. The van der Waals surface area contributed by atoms with Crippen molar-refractivity contribution in [1.29, 1.82) is 0 Å². The number of benzene rings is 2. The van der Waals surface area contributed by atoms with Crippen molar-refractivity contribution in [3.05, 3.63) is 84.4 Å². The molecule has 1 N–H and O–H groups in total. The molecule has 0 aliphatic carbocycles. The van der Waals surface area contributed by atoms with Crippen LogP contribution < -0.4 is 5.32 Å². The molecule has 0 aromatic heterocycles. The average Bonchev–Trinajstić information content (AvgIpc) is 2.49. The van der Waals surface area contributed by atoms with Crippen molar-refractivity contribution in [2.45, 2.75) is 25.4 Å². The third-order valence-corrected chi connectivity index (χ3v) is 3.50. The van der Waals surface area contributed by atoms with E-state index in [1.54, 1.807) is 0 Å². The number of rotatable bonds is 6. The van der Waals surface area contributed by atoms with E-state index in [4.69, 9.17) is 0 Å². The quantitative estimate of drug-likeness (QED) is 0.761. The van der Waals surface area contributed by atoms with Gasteiger partial charge in [0.15, 0.2) is 0 Å². The maximum Gasteiger partial charge on any atom is 0.0316 e. The monoisotopic (exact) mass is 251 g/mol. The normalized spacial score (nSPS) is 13.7. The molecule has 0 saturated heterocycles. The van der Waals surface area contributed by atoms with E-state index in [-0.39, 0.29) is 6.04 Å². The molecule has 98 valence electrons. The molecule has 1 nitrogen and oxygen atoms in total. The van der Waals surface area contributed by atoms with Crippen LogP contribution in [0.2, 0.25) is 0 Å². The molecule has 19 heavy (non-hydrogen) atoms. The summed E-state index contributed by atoms with van der Waals surface area (Å²) in [6.07, 6.45) is 2.00. The largest absolute Gasteiger partial charge is 0.306 e. The second-order valence-electron chi connectivity index (χ2n) is 4.83. The zero-order valence-corrected chi connectivity index (χ0v) is 11.4. The summed E-state index contributed by atoms with van der Waals surface area (Å²) in [5.41, 5.74) is 2.64. The molecule has 0 unspecified atom stereocenters. The van der Waals surface area contributed by atoms with Crippen LogP contribution in [0.5, 0.6) is 0 Å². The molecule has 2 aromatic carbocycles. The highest BCUT2D eigenvalue weighted by Crippen LogP contribution is 2.19. The zero-order valence-electron chi connectivity index (χ0n) is 11.4. The highest BCUT2D eigenvalue weighted by molar-refractivity contribution is 5.22. The van der Waals surface area contributed by atoms with Gasteiger partial charge in [0.25, 0.3) is 0 Å². The molecule has 2 aromatic rings. The summed E-state index contributed by atoms with van der Waals surface area (Å²) in [5.74, 6) is 0.419. The first-order valence-corrected chi connectivity index (χ1v) is 6.76. The maximum absolute atomic E-state index is 3.96. The minimum atomic E-state index is 0.280. The summed E-state index contributed by atoms with van der Waals surface area (Å²) in [7, 11) is 0. The van der Waals surface area contributed by atoms with Gasteiger partial charge < -0.3 is 5.32 Å². The fourth-order valence-corrected chi connectivity index (χ4v) is 2.26. The Labute approximate surface area is 116 Å². The van der Waals surface area contributed by atoms with Gasteiger partial charge in [-0.05, 0) is 17.0 Å². The Morgan fingerprint density at radius 1 is 1.00 bits per heavy atom. The topological polar surface area (TPSA) is 12.0 Å². The number of hydrogen-bond donors (Lipinski definition) is 1. The van der Waals surface area contributed by atoms with Crippen LogP contribution in [0.4, 0.5) is 0 Å². The SMILES string of the molecule is C=C[C@H](NCc1ccccc1)[C@@H](C)c1ccccc1. The smallest absolute Gasteiger partial charge is 0.0316 e. The average molecular weight is 251 g/mol. The molecule has 2 atom stereocenters. The van der Waals surface area contributed by atoms with Gasteiger partial charge in [-0.2, -0.15) is 0 Å². The zero-order chi connectivity index (χ0) is 13.5. The molecule has 0 spiro atoms. The van der Waals surface area contributed by atoms with Gasteiger partial charge in [0.1, 0.15) is 0 Å². The van der Waals surface area contributed by atoms with Crippen LogP contribution >= 0.6 is 0 Å². The van der Waals surface area contributed by atoms with Crippen molar-refractivity contribution in [2.24, 2.45) is 0 Å². The minimum Gasteiger partial charge on any atom is -0.306 e. The lowest BCUT2D eigenvalue weighted by Gasteiger charge is -2.22. The Morgan fingerprint density at radius 2 is 1.58 bits per heavy atom. The van der Waals surface area contributed by atoms with Gasteiger partial charge in [-0.25, -0.2) is 0 Å². The van der Waals surface area contributed by atoms with E-state index >= 15 is 0 Å². The molecule has 0 aliphatic heterocycles. The molecule has 0 amide bonds. The molecule has 0 saturated carbocycles. The Bertz CT molecular complexity index is 490. The van der Waals surface area contributed by atoms with Crippen LogP contribution in [0.25, 0.3) is 0 Å². The van der Waals surface area contributed by atoms with E-state index in [0.717, 1.165) is 6.54 Å². The van der Waals surface area contributed by atoms with Crippen molar-refractivity contribution in [3.8, 4) is 0 Å². The molecule has 0 heterocycles. The van der Waals surface area contributed by atoms with Gasteiger partial charge in [0.05, 0.1) is 0 Å². The summed E-state index contributed by atoms with van der Waals surface area (Å²) < 4.78 is 0. The summed E-state index contributed by atoms with van der Waals surface area (Å²) >= 11 is 0. The van der Waals surface area contributed by atoms with Crippen LogP contribution in [0.1, 0.15) is 24.0 Å². The Kier molecular flexibility index (Phi) is 4.93. The van der Waals surface area contributed by atoms with Gasteiger partial charge in [-0.1, -0.05) is 73.7 Å². The molecule has 1 heteroatoms. The van der Waals surface area contributed by atoms with Gasteiger partial charge in [-0.15, -0.1) is 6.58 Å². The van der Waals surface area contributed by atoms with Crippen LogP contribution in [-0.2, 0) is 6.54 Å². The molecule has 2 rings (SSSR count). The first-order chi connectivity index (χ1) is 9.31. The molecule has 0 radical (unpaired) electrons. The molecule has 0 fully saturated rings. The first-order valence-electron chi connectivity index (χ1n) is 6.76. The second kappa shape index (κ2) is 6.91. The number of nitrogens with one attached hydrogen (secondary N) is 1. The third-order valence-electron chi connectivity index (χ3n) is 3.50. The van der Waals surface area contributed by atoms with Crippen molar-refractivity contribution < 1.29 is 0 Å². The Hall–Kier alpha value is -1.86. The second-order valence-corrected chi connectivity index (χ2v) is 4.83. The van der Waals surface area contributed by atoms with Crippen LogP contribution in [0.15, 0.2) is 73.3 Å². The molecule has 0 bridgehead atoms. The van der Waals surface area contributed by atoms with Crippen molar-refractivity contribution >= 4 is 0 Å². The van der Waals surface area contributed by atoms with Crippen molar-refractivity contribution in [3.63, 3.8) is 0 Å². The van der Waals surface area contributed by atoms with Crippen molar-refractivity contribution in [1.82, 2.24) is 5.32 Å². The predicted molar refractivity (Wildman–Crippen MR) is 82.1 cm³/mol. The fourth-order valence-electron chi connectivity index (χ4n) is 2.26. The fraction of sp³-hybridized carbons (Fsp3) is 0.222. The summed E-state index contributed by atoms with van der Waals surface area (Å²) in [6.45, 7) is 7.06.